The Morgan fingerprint density at radius 1 is 1.12 bits per heavy atom. The molecule has 1 aliphatic carbocycles. The van der Waals surface area contributed by atoms with Crippen molar-refractivity contribution in [3.8, 4) is 0 Å². The number of carboxylic acids is 1. The molecule has 132 valence electrons. The summed E-state index contributed by atoms with van der Waals surface area (Å²) < 4.78 is 13.6. The van der Waals surface area contributed by atoms with Crippen LogP contribution in [0.1, 0.15) is 63.4 Å². The summed E-state index contributed by atoms with van der Waals surface area (Å²) in [5.74, 6) is -1.07. The van der Waals surface area contributed by atoms with Gasteiger partial charge in [-0.3, -0.25) is 9.59 Å². The number of nitrogens with one attached hydrogen (secondary N) is 1. The van der Waals surface area contributed by atoms with Gasteiger partial charge in [-0.05, 0) is 43.4 Å². The molecule has 1 amide bonds. The van der Waals surface area contributed by atoms with Gasteiger partial charge < -0.3 is 10.4 Å². The number of hydrogen-bond acceptors (Lipinski definition) is 2. The Morgan fingerprint density at radius 3 is 2.50 bits per heavy atom. The quantitative estimate of drug-likeness (QED) is 0.675. The van der Waals surface area contributed by atoms with E-state index in [2.05, 4.69) is 5.32 Å². The largest absolute Gasteiger partial charge is 0.481 e. The first-order valence-electron chi connectivity index (χ1n) is 8.81. The van der Waals surface area contributed by atoms with E-state index in [-0.39, 0.29) is 18.1 Å². The maximum atomic E-state index is 13.6. The molecule has 1 saturated carbocycles. The third-order valence-electron chi connectivity index (χ3n) is 4.87. The number of hydrogen-bond donors (Lipinski definition) is 2. The normalized spacial score (nSPS) is 16.0. The van der Waals surface area contributed by atoms with Crippen molar-refractivity contribution in [1.82, 2.24) is 5.32 Å². The van der Waals surface area contributed by atoms with E-state index < -0.39 is 11.4 Å². The summed E-state index contributed by atoms with van der Waals surface area (Å²) in [5, 5.41) is 11.6. The lowest BCUT2D eigenvalue weighted by atomic mass is 9.78. The fraction of sp³-hybridized carbons (Fsp3) is 0.579. The molecule has 0 heterocycles. The van der Waals surface area contributed by atoms with Gasteiger partial charge in [0.1, 0.15) is 5.82 Å². The molecule has 0 aliphatic heterocycles. The molecule has 0 saturated heterocycles. The lowest BCUT2D eigenvalue weighted by Crippen LogP contribution is -2.43. The molecule has 1 aliphatic rings. The molecule has 1 fully saturated rings. The Kier molecular flexibility index (Phi) is 6.76. The number of benzene rings is 1. The molecule has 2 N–H and O–H groups in total. The van der Waals surface area contributed by atoms with Crippen LogP contribution in [0.4, 0.5) is 4.39 Å². The standard InChI is InChI=1S/C19H26FNO3/c20-16-9-7-8-15(14-16)19(11-4-5-12-19)18(24)21-13-6-2-1-3-10-17(22)23/h7-9,14H,1-6,10-13H2,(H,21,24)(H,22,23). The lowest BCUT2D eigenvalue weighted by Gasteiger charge is -2.28. The van der Waals surface area contributed by atoms with Crippen LogP contribution in [0.2, 0.25) is 0 Å². The van der Waals surface area contributed by atoms with Gasteiger partial charge in [0.25, 0.3) is 0 Å². The average molecular weight is 335 g/mol. The van der Waals surface area contributed by atoms with Gasteiger partial charge in [-0.2, -0.15) is 0 Å². The molecular formula is C19H26FNO3. The van der Waals surface area contributed by atoms with Crippen LogP contribution in [0.3, 0.4) is 0 Å². The first-order valence-corrected chi connectivity index (χ1v) is 8.81. The minimum Gasteiger partial charge on any atom is -0.481 e. The molecule has 0 unspecified atom stereocenters. The van der Waals surface area contributed by atoms with E-state index in [9.17, 15) is 14.0 Å². The van der Waals surface area contributed by atoms with Gasteiger partial charge in [-0.15, -0.1) is 0 Å². The van der Waals surface area contributed by atoms with Crippen LogP contribution in [0, 0.1) is 5.82 Å². The highest BCUT2D eigenvalue weighted by molar-refractivity contribution is 5.88. The van der Waals surface area contributed by atoms with Crippen molar-refractivity contribution in [2.75, 3.05) is 6.54 Å². The smallest absolute Gasteiger partial charge is 0.303 e. The number of carbonyl (C=O) groups is 2. The number of carboxylic acid groups (broad SMARTS) is 1. The van der Waals surface area contributed by atoms with Crippen molar-refractivity contribution in [2.24, 2.45) is 0 Å². The molecule has 0 aromatic heterocycles. The van der Waals surface area contributed by atoms with Crippen LogP contribution in [-0.2, 0) is 15.0 Å². The Hall–Kier alpha value is -1.91. The van der Waals surface area contributed by atoms with Gasteiger partial charge in [0.05, 0.1) is 5.41 Å². The van der Waals surface area contributed by atoms with Crippen molar-refractivity contribution in [2.45, 2.75) is 63.2 Å². The van der Waals surface area contributed by atoms with Crippen molar-refractivity contribution in [3.63, 3.8) is 0 Å². The van der Waals surface area contributed by atoms with Gasteiger partial charge in [-0.1, -0.05) is 37.8 Å². The van der Waals surface area contributed by atoms with E-state index in [1.165, 1.54) is 12.1 Å². The highest BCUT2D eigenvalue weighted by Gasteiger charge is 2.42. The van der Waals surface area contributed by atoms with Crippen molar-refractivity contribution in [3.05, 3.63) is 35.6 Å². The van der Waals surface area contributed by atoms with Crippen LogP contribution >= 0.6 is 0 Å². The van der Waals surface area contributed by atoms with Gasteiger partial charge >= 0.3 is 5.97 Å². The molecule has 0 bridgehead atoms. The molecule has 5 heteroatoms. The van der Waals surface area contributed by atoms with Crippen LogP contribution in [0.5, 0.6) is 0 Å². The molecule has 1 aromatic rings. The van der Waals surface area contributed by atoms with E-state index in [0.29, 0.717) is 13.0 Å². The monoisotopic (exact) mass is 335 g/mol. The molecule has 0 spiro atoms. The molecule has 24 heavy (non-hydrogen) atoms. The van der Waals surface area contributed by atoms with E-state index in [1.54, 1.807) is 6.07 Å². The van der Waals surface area contributed by atoms with Crippen molar-refractivity contribution < 1.29 is 19.1 Å². The van der Waals surface area contributed by atoms with Gasteiger partial charge in [0, 0.05) is 13.0 Å². The van der Waals surface area contributed by atoms with Crippen LogP contribution in [0.25, 0.3) is 0 Å². The fourth-order valence-electron chi connectivity index (χ4n) is 3.54. The second-order valence-electron chi connectivity index (χ2n) is 6.61. The van der Waals surface area contributed by atoms with E-state index in [4.69, 9.17) is 5.11 Å². The summed E-state index contributed by atoms with van der Waals surface area (Å²) in [4.78, 5) is 23.2. The molecule has 2 rings (SSSR count). The Labute approximate surface area is 142 Å². The van der Waals surface area contributed by atoms with Crippen LogP contribution < -0.4 is 5.32 Å². The third-order valence-corrected chi connectivity index (χ3v) is 4.87. The molecule has 0 atom stereocenters. The van der Waals surface area contributed by atoms with Gasteiger partial charge in [-0.25, -0.2) is 4.39 Å². The number of amides is 1. The third kappa shape index (κ3) is 4.79. The fourth-order valence-corrected chi connectivity index (χ4v) is 3.54. The zero-order valence-corrected chi connectivity index (χ0v) is 14.0. The Bertz CT molecular complexity index is 567. The first-order chi connectivity index (χ1) is 11.5. The molecule has 0 radical (unpaired) electrons. The Balaban J connectivity index is 1.83. The summed E-state index contributed by atoms with van der Waals surface area (Å²) in [6, 6.07) is 6.40. The van der Waals surface area contributed by atoms with Crippen molar-refractivity contribution in [1.29, 1.82) is 0 Å². The van der Waals surface area contributed by atoms with Gasteiger partial charge in [0.2, 0.25) is 5.91 Å². The zero-order chi connectivity index (χ0) is 17.4. The van der Waals surface area contributed by atoms with Crippen LogP contribution in [-0.4, -0.2) is 23.5 Å². The highest BCUT2D eigenvalue weighted by Crippen LogP contribution is 2.41. The first kappa shape index (κ1) is 18.4. The Morgan fingerprint density at radius 2 is 1.83 bits per heavy atom. The second kappa shape index (κ2) is 8.81. The predicted molar refractivity (Wildman–Crippen MR) is 90.3 cm³/mol. The minimum atomic E-state index is -0.762. The number of rotatable bonds is 9. The SMILES string of the molecule is O=C(O)CCCCCCNC(=O)C1(c2cccc(F)c2)CCCC1. The number of carbonyl (C=O) groups excluding carboxylic acids is 1. The molecule has 1 aromatic carbocycles. The summed E-state index contributed by atoms with van der Waals surface area (Å²) in [6.45, 7) is 0.586. The summed E-state index contributed by atoms with van der Waals surface area (Å²) >= 11 is 0. The lowest BCUT2D eigenvalue weighted by molar-refractivity contribution is -0.137. The number of aliphatic carboxylic acids is 1. The summed E-state index contributed by atoms with van der Waals surface area (Å²) in [6.07, 6.45) is 6.98. The highest BCUT2D eigenvalue weighted by atomic mass is 19.1. The average Bonchev–Trinajstić information content (AvgIpc) is 3.04. The van der Waals surface area contributed by atoms with E-state index in [1.807, 2.05) is 6.07 Å². The second-order valence-corrected chi connectivity index (χ2v) is 6.61. The zero-order valence-electron chi connectivity index (χ0n) is 14.0. The van der Waals surface area contributed by atoms with E-state index >= 15 is 0 Å². The topological polar surface area (TPSA) is 66.4 Å². The molecular weight excluding hydrogens is 309 g/mol. The molecule has 4 nitrogen and oxygen atoms in total. The summed E-state index contributed by atoms with van der Waals surface area (Å²) in [7, 11) is 0. The number of halogens is 1. The number of unbranched alkanes of at least 4 members (excludes halogenated alkanes) is 3. The van der Waals surface area contributed by atoms with Crippen molar-refractivity contribution >= 4 is 11.9 Å². The minimum absolute atomic E-state index is 0.00358. The van der Waals surface area contributed by atoms with Gasteiger partial charge in [0.15, 0.2) is 0 Å². The summed E-state index contributed by atoms with van der Waals surface area (Å²) in [5.41, 5.74) is 0.185. The maximum absolute atomic E-state index is 13.6. The maximum Gasteiger partial charge on any atom is 0.303 e. The van der Waals surface area contributed by atoms with E-state index in [0.717, 1.165) is 50.5 Å². The predicted octanol–water partition coefficient (Wildman–Crippen LogP) is 3.79. The van der Waals surface area contributed by atoms with Crippen LogP contribution in [0.15, 0.2) is 24.3 Å².